The lowest BCUT2D eigenvalue weighted by atomic mass is 9.82. The number of alkyl halides is 3. The van der Waals surface area contributed by atoms with Crippen LogP contribution in [0, 0.1) is 0 Å². The maximum absolute atomic E-state index is 14.0. The number of hydrogen-bond acceptors (Lipinski definition) is 8. The van der Waals surface area contributed by atoms with E-state index in [9.17, 15) is 23.1 Å². The molecule has 2 saturated heterocycles. The van der Waals surface area contributed by atoms with Crippen molar-refractivity contribution in [1.82, 2.24) is 14.9 Å². The van der Waals surface area contributed by atoms with Gasteiger partial charge in [-0.25, -0.2) is 9.97 Å². The maximum atomic E-state index is 14.0. The van der Waals surface area contributed by atoms with E-state index in [4.69, 9.17) is 4.74 Å². The van der Waals surface area contributed by atoms with E-state index in [-0.39, 0.29) is 36.5 Å². The zero-order valence-electron chi connectivity index (χ0n) is 26.5. The molecule has 3 aliphatic rings. The summed E-state index contributed by atoms with van der Waals surface area (Å²) < 4.78 is 47.7. The highest BCUT2D eigenvalue weighted by Crippen LogP contribution is 2.41. The van der Waals surface area contributed by atoms with Crippen LogP contribution in [0.25, 0.3) is 0 Å². The Kier molecular flexibility index (Phi) is 8.86. The standard InChI is InChI=1S/C34H41F3N6O3/c1-33(2)30-21(5-4-6-28(30)39-31(33)45)7-9-26-25(34(35,36)37)20-38-32(40-26)41-27-10-8-23(19-29(27)46-3)43-15-11-22(12-16-43)42-17-13-24(44)14-18-42/h4-6,8,10,19-20,22,24,44H,7,9,11-18H2,1-3H3,(H,39,45)(H,38,40,41). The summed E-state index contributed by atoms with van der Waals surface area (Å²) in [6.07, 6.45) is 0.0593. The predicted molar refractivity (Wildman–Crippen MR) is 171 cm³/mol. The molecule has 46 heavy (non-hydrogen) atoms. The number of aryl methyl sites for hydroxylation is 2. The van der Waals surface area contributed by atoms with Gasteiger partial charge >= 0.3 is 6.18 Å². The Morgan fingerprint density at radius 2 is 1.80 bits per heavy atom. The van der Waals surface area contributed by atoms with Crippen LogP contribution in [-0.2, 0) is 29.2 Å². The minimum atomic E-state index is -4.62. The first-order chi connectivity index (χ1) is 21.9. The van der Waals surface area contributed by atoms with Crippen LogP contribution in [0.5, 0.6) is 5.75 Å². The topological polar surface area (TPSA) is 103 Å². The number of aliphatic hydroxyl groups excluding tert-OH is 1. The van der Waals surface area contributed by atoms with Crippen molar-refractivity contribution in [2.45, 2.75) is 76.1 Å². The second kappa shape index (κ2) is 12.7. The van der Waals surface area contributed by atoms with Crippen LogP contribution in [0.4, 0.5) is 36.2 Å². The van der Waals surface area contributed by atoms with Crippen molar-refractivity contribution in [3.05, 3.63) is 65.0 Å². The van der Waals surface area contributed by atoms with Gasteiger partial charge in [-0.05, 0) is 81.7 Å². The fourth-order valence-electron chi connectivity index (χ4n) is 7.04. The Hall–Kier alpha value is -3.90. The third kappa shape index (κ3) is 6.50. The molecule has 0 unspecified atom stereocenters. The first kappa shape index (κ1) is 32.1. The number of rotatable bonds is 8. The van der Waals surface area contributed by atoms with Gasteiger partial charge < -0.3 is 30.3 Å². The van der Waals surface area contributed by atoms with E-state index in [1.165, 1.54) is 0 Å². The van der Waals surface area contributed by atoms with Gasteiger partial charge in [0.05, 0.1) is 35.6 Å². The zero-order valence-corrected chi connectivity index (χ0v) is 26.5. The number of halogens is 3. The van der Waals surface area contributed by atoms with Gasteiger partial charge in [0.15, 0.2) is 0 Å². The van der Waals surface area contributed by atoms with Gasteiger partial charge in [-0.15, -0.1) is 0 Å². The second-order valence-corrected chi connectivity index (χ2v) is 13.0. The molecule has 9 nitrogen and oxygen atoms in total. The van der Waals surface area contributed by atoms with Gasteiger partial charge in [0.25, 0.3) is 0 Å². The third-order valence-electron chi connectivity index (χ3n) is 9.67. The molecule has 2 fully saturated rings. The van der Waals surface area contributed by atoms with E-state index in [2.05, 4.69) is 30.4 Å². The van der Waals surface area contributed by atoms with Crippen molar-refractivity contribution >= 4 is 28.9 Å². The first-order valence-electron chi connectivity index (χ1n) is 15.9. The Morgan fingerprint density at radius 3 is 2.50 bits per heavy atom. The average molecular weight is 639 g/mol. The number of amides is 1. The SMILES string of the molecule is COc1cc(N2CCC(N3CCC(O)CC3)CC2)ccc1Nc1ncc(C(F)(F)F)c(CCc2cccc3c2C(C)(C)C(=O)N3)n1. The Morgan fingerprint density at radius 1 is 1.07 bits per heavy atom. The molecule has 1 amide bonds. The highest BCUT2D eigenvalue weighted by atomic mass is 19.4. The van der Waals surface area contributed by atoms with Gasteiger partial charge in [-0.1, -0.05) is 12.1 Å². The van der Waals surface area contributed by atoms with E-state index >= 15 is 0 Å². The van der Waals surface area contributed by atoms with Crippen LogP contribution in [0.1, 0.15) is 61.9 Å². The molecule has 246 valence electrons. The molecule has 0 radical (unpaired) electrons. The largest absolute Gasteiger partial charge is 0.494 e. The summed E-state index contributed by atoms with van der Waals surface area (Å²) >= 11 is 0. The molecule has 3 N–H and O–H groups in total. The summed E-state index contributed by atoms with van der Waals surface area (Å²) in [4.78, 5) is 25.7. The van der Waals surface area contributed by atoms with Crippen LogP contribution in [0.2, 0.25) is 0 Å². The number of carbonyl (C=O) groups is 1. The summed E-state index contributed by atoms with van der Waals surface area (Å²) in [5, 5.41) is 15.8. The quantitative estimate of drug-likeness (QED) is 0.290. The molecule has 3 aromatic rings. The highest BCUT2D eigenvalue weighted by molar-refractivity contribution is 6.06. The van der Waals surface area contributed by atoms with Gasteiger partial charge in [0, 0.05) is 55.9 Å². The number of carbonyl (C=O) groups excluding carboxylic acids is 1. The molecular formula is C34H41F3N6O3. The van der Waals surface area contributed by atoms with Crippen molar-refractivity contribution in [2.24, 2.45) is 0 Å². The molecule has 3 aliphatic heterocycles. The minimum absolute atomic E-state index is 0.0107. The maximum Gasteiger partial charge on any atom is 0.419 e. The summed E-state index contributed by atoms with van der Waals surface area (Å²) in [5.74, 6) is 0.439. The number of piperidine rings is 2. The number of ether oxygens (including phenoxy) is 1. The van der Waals surface area contributed by atoms with Crippen molar-refractivity contribution in [3.63, 3.8) is 0 Å². The number of fused-ring (bicyclic) bond motifs is 1. The average Bonchev–Trinajstić information content (AvgIpc) is 3.28. The molecule has 0 bridgehead atoms. The number of methoxy groups -OCH3 is 1. The number of benzene rings is 2. The molecule has 4 heterocycles. The number of likely N-dealkylation sites (tertiary alicyclic amines) is 1. The van der Waals surface area contributed by atoms with E-state index in [0.29, 0.717) is 23.2 Å². The minimum Gasteiger partial charge on any atom is -0.494 e. The van der Waals surface area contributed by atoms with Crippen molar-refractivity contribution in [2.75, 3.05) is 48.8 Å². The normalized spacial score (nSPS) is 19.2. The number of nitrogens with one attached hydrogen (secondary N) is 2. The fraction of sp³-hybridized carbons (Fsp3) is 0.500. The van der Waals surface area contributed by atoms with E-state index in [1.807, 2.05) is 44.2 Å². The van der Waals surface area contributed by atoms with Gasteiger partial charge in [0.1, 0.15) is 5.75 Å². The first-order valence-corrected chi connectivity index (χ1v) is 15.9. The summed E-state index contributed by atoms with van der Waals surface area (Å²) in [5.41, 5.74) is 2.06. The molecule has 0 saturated carbocycles. The number of anilines is 4. The van der Waals surface area contributed by atoms with Crippen molar-refractivity contribution in [1.29, 1.82) is 0 Å². The lowest BCUT2D eigenvalue weighted by Crippen LogP contribution is -2.48. The number of hydrogen-bond donors (Lipinski definition) is 3. The van der Waals surface area contributed by atoms with Crippen LogP contribution in [-0.4, -0.2) is 71.3 Å². The molecule has 0 atom stereocenters. The highest BCUT2D eigenvalue weighted by Gasteiger charge is 2.40. The number of aliphatic hydroxyl groups is 1. The molecule has 0 spiro atoms. The summed E-state index contributed by atoms with van der Waals surface area (Å²) in [6, 6.07) is 11.7. The molecule has 1 aromatic heterocycles. The van der Waals surface area contributed by atoms with Gasteiger partial charge in [-0.2, -0.15) is 13.2 Å². The van der Waals surface area contributed by atoms with E-state index < -0.39 is 17.2 Å². The summed E-state index contributed by atoms with van der Waals surface area (Å²) in [7, 11) is 1.56. The lowest BCUT2D eigenvalue weighted by Gasteiger charge is -2.41. The van der Waals surface area contributed by atoms with E-state index in [1.54, 1.807) is 13.2 Å². The van der Waals surface area contributed by atoms with Crippen LogP contribution in [0.15, 0.2) is 42.6 Å². The molecule has 12 heteroatoms. The Balaban J connectivity index is 1.17. The Bertz CT molecular complexity index is 1580. The molecule has 0 aliphatic carbocycles. The van der Waals surface area contributed by atoms with Crippen LogP contribution < -0.4 is 20.3 Å². The number of nitrogens with zero attached hydrogens (tertiary/aromatic N) is 4. The monoisotopic (exact) mass is 638 g/mol. The second-order valence-electron chi connectivity index (χ2n) is 13.0. The predicted octanol–water partition coefficient (Wildman–Crippen LogP) is 5.69. The summed E-state index contributed by atoms with van der Waals surface area (Å²) in [6.45, 7) is 7.31. The smallest absolute Gasteiger partial charge is 0.419 e. The fourth-order valence-corrected chi connectivity index (χ4v) is 7.04. The van der Waals surface area contributed by atoms with Crippen molar-refractivity contribution in [3.8, 4) is 5.75 Å². The van der Waals surface area contributed by atoms with Crippen LogP contribution >= 0.6 is 0 Å². The zero-order chi connectivity index (χ0) is 32.6. The van der Waals surface area contributed by atoms with E-state index in [0.717, 1.165) is 74.9 Å². The number of aromatic nitrogens is 2. The lowest BCUT2D eigenvalue weighted by molar-refractivity contribution is -0.138. The molecule has 2 aromatic carbocycles. The third-order valence-corrected chi connectivity index (χ3v) is 9.67. The van der Waals surface area contributed by atoms with Crippen molar-refractivity contribution < 1.29 is 27.8 Å². The molecular weight excluding hydrogens is 597 g/mol. The molecule has 6 rings (SSSR count). The van der Waals surface area contributed by atoms with Gasteiger partial charge in [0.2, 0.25) is 11.9 Å². The Labute approximate surface area is 267 Å². The van der Waals surface area contributed by atoms with Gasteiger partial charge in [-0.3, -0.25) is 4.79 Å². The van der Waals surface area contributed by atoms with Crippen LogP contribution in [0.3, 0.4) is 0 Å².